The standard InChI is InChI=1S/C15H27N5O/c1-11(2)5-9-20(10-6-12(3)4)15-13(14(16)19-21)17-7-8-18-15/h7-8,11-12,21H,5-6,9-10H2,1-4H3,(H2,16,19). The maximum absolute atomic E-state index is 8.91. The number of nitrogens with two attached hydrogens (primary N) is 1. The van der Waals surface area contributed by atoms with Crippen molar-refractivity contribution >= 4 is 11.7 Å². The van der Waals surface area contributed by atoms with Gasteiger partial charge in [0, 0.05) is 25.5 Å². The summed E-state index contributed by atoms with van der Waals surface area (Å²) in [6, 6.07) is 0. The SMILES string of the molecule is CC(C)CCN(CCC(C)C)c1nccnc1C(N)=NO. The van der Waals surface area contributed by atoms with Gasteiger partial charge in [-0.1, -0.05) is 32.9 Å². The fourth-order valence-corrected chi connectivity index (χ4v) is 1.94. The molecule has 0 fully saturated rings. The van der Waals surface area contributed by atoms with E-state index >= 15 is 0 Å². The van der Waals surface area contributed by atoms with Crippen LogP contribution in [0.3, 0.4) is 0 Å². The molecule has 6 heteroatoms. The van der Waals surface area contributed by atoms with E-state index in [2.05, 4.69) is 47.7 Å². The van der Waals surface area contributed by atoms with Gasteiger partial charge in [-0.3, -0.25) is 0 Å². The van der Waals surface area contributed by atoms with Gasteiger partial charge in [-0.2, -0.15) is 0 Å². The molecule has 1 rings (SSSR count). The third kappa shape index (κ3) is 5.57. The van der Waals surface area contributed by atoms with Gasteiger partial charge in [-0.25, -0.2) is 9.97 Å². The molecule has 6 nitrogen and oxygen atoms in total. The predicted molar refractivity (Wildman–Crippen MR) is 85.7 cm³/mol. The van der Waals surface area contributed by atoms with Crippen LogP contribution in [0.15, 0.2) is 17.5 Å². The number of nitrogens with zero attached hydrogens (tertiary/aromatic N) is 4. The Kier molecular flexibility index (Phi) is 6.91. The van der Waals surface area contributed by atoms with Gasteiger partial charge in [0.2, 0.25) is 0 Å². The summed E-state index contributed by atoms with van der Waals surface area (Å²) in [7, 11) is 0. The molecule has 0 aliphatic carbocycles. The second-order valence-corrected chi connectivity index (χ2v) is 6.07. The Labute approximate surface area is 127 Å². The molecule has 1 heterocycles. The van der Waals surface area contributed by atoms with Crippen LogP contribution in [-0.2, 0) is 0 Å². The molecule has 0 bridgehead atoms. The quantitative estimate of drug-likeness (QED) is 0.333. The topological polar surface area (TPSA) is 87.6 Å². The van der Waals surface area contributed by atoms with Gasteiger partial charge < -0.3 is 15.8 Å². The van der Waals surface area contributed by atoms with Crippen molar-refractivity contribution in [2.45, 2.75) is 40.5 Å². The highest BCUT2D eigenvalue weighted by molar-refractivity contribution is 5.99. The van der Waals surface area contributed by atoms with E-state index < -0.39 is 0 Å². The summed E-state index contributed by atoms with van der Waals surface area (Å²) < 4.78 is 0. The van der Waals surface area contributed by atoms with E-state index in [1.54, 1.807) is 12.4 Å². The number of oxime groups is 1. The molecule has 1 aromatic rings. The first-order chi connectivity index (χ1) is 9.95. The highest BCUT2D eigenvalue weighted by Gasteiger charge is 2.17. The van der Waals surface area contributed by atoms with Crippen molar-refractivity contribution in [2.24, 2.45) is 22.7 Å². The van der Waals surface area contributed by atoms with Crippen LogP contribution in [-0.4, -0.2) is 34.1 Å². The predicted octanol–water partition coefficient (Wildman–Crippen LogP) is 2.47. The van der Waals surface area contributed by atoms with Crippen LogP contribution in [0.1, 0.15) is 46.2 Å². The minimum absolute atomic E-state index is 0.00260. The highest BCUT2D eigenvalue weighted by atomic mass is 16.4. The minimum atomic E-state index is -0.00260. The second-order valence-electron chi connectivity index (χ2n) is 6.07. The first-order valence-electron chi connectivity index (χ1n) is 7.49. The van der Waals surface area contributed by atoms with Crippen LogP contribution in [0.4, 0.5) is 5.82 Å². The molecule has 0 unspecified atom stereocenters. The summed E-state index contributed by atoms with van der Waals surface area (Å²) in [5, 5.41) is 12.0. The number of aromatic nitrogens is 2. The maximum atomic E-state index is 8.91. The molecule has 21 heavy (non-hydrogen) atoms. The molecule has 0 spiro atoms. The van der Waals surface area contributed by atoms with Crippen LogP contribution in [0.25, 0.3) is 0 Å². The van der Waals surface area contributed by atoms with Gasteiger partial charge in [0.05, 0.1) is 0 Å². The lowest BCUT2D eigenvalue weighted by Gasteiger charge is -2.26. The fraction of sp³-hybridized carbons (Fsp3) is 0.667. The molecule has 0 atom stereocenters. The van der Waals surface area contributed by atoms with Gasteiger partial charge in [-0.05, 0) is 24.7 Å². The summed E-state index contributed by atoms with van der Waals surface area (Å²) in [5.41, 5.74) is 6.15. The van der Waals surface area contributed by atoms with Crippen LogP contribution in [0, 0.1) is 11.8 Å². The van der Waals surface area contributed by atoms with Crippen molar-refractivity contribution in [1.82, 2.24) is 9.97 Å². The molecular formula is C15H27N5O. The summed E-state index contributed by atoms with van der Waals surface area (Å²) >= 11 is 0. The van der Waals surface area contributed by atoms with E-state index in [0.29, 0.717) is 23.3 Å². The van der Waals surface area contributed by atoms with E-state index in [9.17, 15) is 0 Å². The molecule has 0 amide bonds. The number of rotatable bonds is 8. The van der Waals surface area contributed by atoms with Crippen molar-refractivity contribution < 1.29 is 5.21 Å². The Balaban J connectivity index is 3.00. The lowest BCUT2D eigenvalue weighted by Crippen LogP contribution is -2.31. The first-order valence-corrected chi connectivity index (χ1v) is 7.49. The first kappa shape index (κ1) is 17.2. The Morgan fingerprint density at radius 3 is 2.14 bits per heavy atom. The molecule has 0 saturated carbocycles. The number of amidine groups is 1. The lowest BCUT2D eigenvalue weighted by atomic mass is 10.1. The largest absolute Gasteiger partial charge is 0.409 e. The van der Waals surface area contributed by atoms with Crippen molar-refractivity contribution in [3.05, 3.63) is 18.1 Å². The zero-order valence-electron chi connectivity index (χ0n) is 13.5. The monoisotopic (exact) mass is 293 g/mol. The van der Waals surface area contributed by atoms with Crippen LogP contribution in [0.2, 0.25) is 0 Å². The molecule has 0 aliphatic heterocycles. The molecule has 118 valence electrons. The van der Waals surface area contributed by atoms with Crippen LogP contribution < -0.4 is 10.6 Å². The Morgan fingerprint density at radius 2 is 1.67 bits per heavy atom. The van der Waals surface area contributed by atoms with Gasteiger partial charge in [0.1, 0.15) is 0 Å². The van der Waals surface area contributed by atoms with Gasteiger partial charge >= 0.3 is 0 Å². The van der Waals surface area contributed by atoms with Crippen LogP contribution in [0.5, 0.6) is 0 Å². The summed E-state index contributed by atoms with van der Waals surface area (Å²) in [6.45, 7) is 10.6. The third-order valence-corrected chi connectivity index (χ3v) is 3.28. The average Bonchev–Trinajstić information content (AvgIpc) is 2.46. The Morgan fingerprint density at radius 1 is 1.14 bits per heavy atom. The van der Waals surface area contributed by atoms with Gasteiger partial charge in [-0.15, -0.1) is 0 Å². The van der Waals surface area contributed by atoms with Crippen molar-refractivity contribution in [3.8, 4) is 0 Å². The zero-order chi connectivity index (χ0) is 15.8. The Hall–Kier alpha value is -1.85. The maximum Gasteiger partial charge on any atom is 0.192 e. The minimum Gasteiger partial charge on any atom is -0.409 e. The summed E-state index contributed by atoms with van der Waals surface area (Å²) in [6.07, 6.45) is 5.32. The van der Waals surface area contributed by atoms with Crippen LogP contribution >= 0.6 is 0 Å². The molecule has 1 aromatic heterocycles. The number of hydrogen-bond acceptors (Lipinski definition) is 5. The fourth-order valence-electron chi connectivity index (χ4n) is 1.94. The van der Waals surface area contributed by atoms with E-state index in [4.69, 9.17) is 10.9 Å². The lowest BCUT2D eigenvalue weighted by molar-refractivity contribution is 0.318. The second kappa shape index (κ2) is 8.44. The smallest absolute Gasteiger partial charge is 0.192 e. The molecule has 3 N–H and O–H groups in total. The zero-order valence-corrected chi connectivity index (χ0v) is 13.5. The van der Waals surface area contributed by atoms with Gasteiger partial charge in [0.15, 0.2) is 17.3 Å². The van der Waals surface area contributed by atoms with Crippen molar-refractivity contribution in [2.75, 3.05) is 18.0 Å². The Bertz CT molecular complexity index is 447. The highest BCUT2D eigenvalue weighted by Crippen LogP contribution is 2.18. The average molecular weight is 293 g/mol. The van der Waals surface area contributed by atoms with E-state index in [-0.39, 0.29) is 5.84 Å². The molecule has 0 aliphatic rings. The third-order valence-electron chi connectivity index (χ3n) is 3.28. The molecule has 0 radical (unpaired) electrons. The van der Waals surface area contributed by atoms with E-state index in [0.717, 1.165) is 25.9 Å². The molecular weight excluding hydrogens is 266 g/mol. The van der Waals surface area contributed by atoms with E-state index in [1.165, 1.54) is 0 Å². The summed E-state index contributed by atoms with van der Waals surface area (Å²) in [5.74, 6) is 1.90. The number of anilines is 1. The van der Waals surface area contributed by atoms with Gasteiger partial charge in [0.25, 0.3) is 0 Å². The van der Waals surface area contributed by atoms with E-state index in [1.807, 2.05) is 0 Å². The molecule has 0 aromatic carbocycles. The summed E-state index contributed by atoms with van der Waals surface area (Å²) in [4.78, 5) is 10.8. The number of hydrogen-bond donors (Lipinski definition) is 2. The van der Waals surface area contributed by atoms with Crippen molar-refractivity contribution in [1.29, 1.82) is 0 Å². The van der Waals surface area contributed by atoms with Crippen molar-refractivity contribution in [3.63, 3.8) is 0 Å². The normalized spacial score (nSPS) is 12.2. The molecule has 0 saturated heterocycles.